The molecule has 2 atom stereocenters. The molecule has 1 heterocycles. The van der Waals surface area contributed by atoms with Crippen LogP contribution in [0, 0.1) is 11.3 Å². The molecule has 0 aromatic carbocycles. The number of nitrogens with one attached hydrogen (secondary N) is 1. The molecule has 1 saturated carbocycles. The highest BCUT2D eigenvalue weighted by Crippen LogP contribution is 2.57. The van der Waals surface area contributed by atoms with Crippen LogP contribution in [0.2, 0.25) is 0 Å². The second-order valence-corrected chi connectivity index (χ2v) is 4.39. The number of aliphatic hydroxyl groups excluding tert-OH is 1. The first-order chi connectivity index (χ1) is 5.61. The Kier molecular flexibility index (Phi) is 1.55. The van der Waals surface area contributed by atoms with Crippen LogP contribution in [0.15, 0.2) is 18.5 Å². The van der Waals surface area contributed by atoms with Crippen LogP contribution < -0.4 is 0 Å². The third-order valence-corrected chi connectivity index (χ3v) is 2.93. The summed E-state index contributed by atoms with van der Waals surface area (Å²) in [6, 6.07) is 1.94. The lowest BCUT2D eigenvalue weighted by molar-refractivity contribution is 0.138. The molecule has 0 radical (unpaired) electrons. The summed E-state index contributed by atoms with van der Waals surface area (Å²) in [6.07, 6.45) is 4.60. The van der Waals surface area contributed by atoms with E-state index in [2.05, 4.69) is 18.8 Å². The van der Waals surface area contributed by atoms with Gasteiger partial charge in [-0.15, -0.1) is 0 Å². The molecule has 12 heavy (non-hydrogen) atoms. The number of aromatic nitrogens is 1. The molecule has 2 N–H and O–H groups in total. The maximum absolute atomic E-state index is 9.86. The Morgan fingerprint density at radius 1 is 1.67 bits per heavy atom. The molecule has 1 fully saturated rings. The maximum atomic E-state index is 9.86. The lowest BCUT2D eigenvalue weighted by Gasteiger charge is -2.09. The lowest BCUT2D eigenvalue weighted by Crippen LogP contribution is -2.03. The fraction of sp³-hybridized carbons (Fsp3) is 0.600. The Hall–Kier alpha value is -0.760. The van der Waals surface area contributed by atoms with Gasteiger partial charge in [0.1, 0.15) is 0 Å². The van der Waals surface area contributed by atoms with E-state index in [1.165, 1.54) is 0 Å². The van der Waals surface area contributed by atoms with E-state index in [9.17, 15) is 5.11 Å². The minimum atomic E-state index is -0.272. The first kappa shape index (κ1) is 7.87. The highest BCUT2D eigenvalue weighted by atomic mass is 16.3. The second-order valence-electron chi connectivity index (χ2n) is 4.39. The van der Waals surface area contributed by atoms with E-state index < -0.39 is 0 Å². The molecular weight excluding hydrogens is 150 g/mol. The van der Waals surface area contributed by atoms with Gasteiger partial charge in [-0.05, 0) is 29.4 Å². The molecule has 2 rings (SSSR count). The van der Waals surface area contributed by atoms with E-state index in [1.807, 2.05) is 18.5 Å². The van der Waals surface area contributed by atoms with Crippen molar-refractivity contribution in [2.75, 3.05) is 0 Å². The van der Waals surface area contributed by atoms with E-state index in [4.69, 9.17) is 0 Å². The molecule has 0 saturated heterocycles. The summed E-state index contributed by atoms with van der Waals surface area (Å²) in [6.45, 7) is 4.40. The SMILES string of the molecule is CC1(C)CC1C(O)c1cc[nH]c1. The molecule has 0 bridgehead atoms. The van der Waals surface area contributed by atoms with E-state index in [0.717, 1.165) is 12.0 Å². The minimum Gasteiger partial charge on any atom is -0.388 e. The van der Waals surface area contributed by atoms with E-state index in [-0.39, 0.29) is 6.10 Å². The fourth-order valence-corrected chi connectivity index (χ4v) is 1.80. The first-order valence-electron chi connectivity index (χ1n) is 4.42. The van der Waals surface area contributed by atoms with Crippen molar-refractivity contribution in [1.82, 2.24) is 4.98 Å². The zero-order valence-corrected chi connectivity index (χ0v) is 7.54. The van der Waals surface area contributed by atoms with Gasteiger partial charge in [-0.3, -0.25) is 0 Å². The molecule has 66 valence electrons. The molecule has 1 aromatic heterocycles. The van der Waals surface area contributed by atoms with Crippen LogP contribution >= 0.6 is 0 Å². The Morgan fingerprint density at radius 2 is 2.33 bits per heavy atom. The number of aliphatic hydroxyl groups is 1. The number of aromatic amines is 1. The van der Waals surface area contributed by atoms with Crippen LogP contribution in [0.25, 0.3) is 0 Å². The van der Waals surface area contributed by atoms with Gasteiger partial charge in [-0.25, -0.2) is 0 Å². The third kappa shape index (κ3) is 1.16. The zero-order valence-electron chi connectivity index (χ0n) is 7.54. The Labute approximate surface area is 72.6 Å². The van der Waals surface area contributed by atoms with Gasteiger partial charge in [0, 0.05) is 12.4 Å². The monoisotopic (exact) mass is 165 g/mol. The minimum absolute atomic E-state index is 0.272. The van der Waals surface area contributed by atoms with Crippen molar-refractivity contribution in [3.8, 4) is 0 Å². The first-order valence-corrected chi connectivity index (χ1v) is 4.42. The second kappa shape index (κ2) is 2.36. The van der Waals surface area contributed by atoms with Crippen molar-refractivity contribution in [2.24, 2.45) is 11.3 Å². The van der Waals surface area contributed by atoms with Crippen LogP contribution in [0.3, 0.4) is 0 Å². The van der Waals surface area contributed by atoms with Gasteiger partial charge < -0.3 is 10.1 Å². The van der Waals surface area contributed by atoms with Gasteiger partial charge in [-0.1, -0.05) is 13.8 Å². The summed E-state index contributed by atoms with van der Waals surface area (Å²) in [7, 11) is 0. The van der Waals surface area contributed by atoms with Crippen molar-refractivity contribution in [2.45, 2.75) is 26.4 Å². The zero-order chi connectivity index (χ0) is 8.77. The van der Waals surface area contributed by atoms with Gasteiger partial charge in [0.2, 0.25) is 0 Å². The number of hydrogen-bond donors (Lipinski definition) is 2. The predicted octanol–water partition coefficient (Wildman–Crippen LogP) is 2.09. The molecule has 1 aliphatic rings. The summed E-state index contributed by atoms with van der Waals surface area (Å²) in [5.74, 6) is 0.452. The van der Waals surface area contributed by atoms with Crippen molar-refractivity contribution >= 4 is 0 Å². The van der Waals surface area contributed by atoms with Crippen LogP contribution in [0.4, 0.5) is 0 Å². The number of hydrogen-bond acceptors (Lipinski definition) is 1. The maximum Gasteiger partial charge on any atom is 0.0838 e. The standard InChI is InChI=1S/C10H15NO/c1-10(2)5-8(10)9(12)7-3-4-11-6-7/h3-4,6,8-9,11-12H,5H2,1-2H3. The molecule has 2 unspecified atom stereocenters. The Bertz CT molecular complexity index is 263. The van der Waals surface area contributed by atoms with E-state index in [1.54, 1.807) is 0 Å². The molecule has 1 aliphatic carbocycles. The summed E-state index contributed by atoms with van der Waals surface area (Å²) in [5, 5.41) is 9.86. The summed E-state index contributed by atoms with van der Waals surface area (Å²) < 4.78 is 0. The summed E-state index contributed by atoms with van der Waals surface area (Å²) >= 11 is 0. The van der Waals surface area contributed by atoms with Gasteiger partial charge in [0.05, 0.1) is 6.10 Å². The quantitative estimate of drug-likeness (QED) is 0.691. The van der Waals surface area contributed by atoms with Crippen molar-refractivity contribution in [3.63, 3.8) is 0 Å². The largest absolute Gasteiger partial charge is 0.388 e. The average Bonchev–Trinajstić information content (AvgIpc) is 2.56. The molecule has 0 amide bonds. The highest BCUT2D eigenvalue weighted by molar-refractivity contribution is 5.17. The van der Waals surface area contributed by atoms with Crippen molar-refractivity contribution in [1.29, 1.82) is 0 Å². The van der Waals surface area contributed by atoms with Crippen LogP contribution in [0.5, 0.6) is 0 Å². The molecular formula is C10H15NO. The molecule has 0 aliphatic heterocycles. The normalized spacial score (nSPS) is 28.4. The molecule has 2 nitrogen and oxygen atoms in total. The van der Waals surface area contributed by atoms with Crippen LogP contribution in [-0.2, 0) is 0 Å². The topological polar surface area (TPSA) is 36.0 Å². The van der Waals surface area contributed by atoms with Gasteiger partial charge in [-0.2, -0.15) is 0 Å². The molecule has 1 aromatic rings. The third-order valence-electron chi connectivity index (χ3n) is 2.93. The van der Waals surface area contributed by atoms with Gasteiger partial charge in [0.25, 0.3) is 0 Å². The Balaban J connectivity index is 2.08. The van der Waals surface area contributed by atoms with Crippen LogP contribution in [-0.4, -0.2) is 10.1 Å². The predicted molar refractivity (Wildman–Crippen MR) is 47.6 cm³/mol. The number of rotatable bonds is 2. The van der Waals surface area contributed by atoms with Gasteiger partial charge in [0.15, 0.2) is 0 Å². The smallest absolute Gasteiger partial charge is 0.0838 e. The van der Waals surface area contributed by atoms with Crippen LogP contribution in [0.1, 0.15) is 31.9 Å². The fourth-order valence-electron chi connectivity index (χ4n) is 1.80. The van der Waals surface area contributed by atoms with E-state index >= 15 is 0 Å². The average molecular weight is 165 g/mol. The molecule has 2 heteroatoms. The van der Waals surface area contributed by atoms with Crippen molar-refractivity contribution in [3.05, 3.63) is 24.0 Å². The van der Waals surface area contributed by atoms with E-state index in [0.29, 0.717) is 11.3 Å². The van der Waals surface area contributed by atoms with Crippen molar-refractivity contribution < 1.29 is 5.11 Å². The summed E-state index contributed by atoms with van der Waals surface area (Å²) in [5.41, 5.74) is 1.36. The number of H-pyrrole nitrogens is 1. The molecule has 0 spiro atoms. The Morgan fingerprint density at radius 3 is 2.75 bits per heavy atom. The van der Waals surface area contributed by atoms with Gasteiger partial charge >= 0.3 is 0 Å². The lowest BCUT2D eigenvalue weighted by atomic mass is 10.0. The summed E-state index contributed by atoms with van der Waals surface area (Å²) in [4.78, 5) is 2.96. The highest BCUT2D eigenvalue weighted by Gasteiger charge is 2.50.